The molecule has 1 aliphatic rings. The molecule has 2 nitrogen and oxygen atoms in total. The van der Waals surface area contributed by atoms with Crippen LogP contribution in [0.5, 0.6) is 0 Å². The first-order valence-corrected chi connectivity index (χ1v) is 7.91. The molecule has 0 saturated carbocycles. The average Bonchev–Trinajstić information content (AvgIpc) is 2.64. The lowest BCUT2D eigenvalue weighted by Crippen LogP contribution is -2.26. The Hall–Kier alpha value is -1.02. The highest BCUT2D eigenvalue weighted by Gasteiger charge is 2.27. The van der Waals surface area contributed by atoms with E-state index in [-0.39, 0.29) is 6.10 Å². The van der Waals surface area contributed by atoms with Gasteiger partial charge >= 0.3 is 0 Å². The van der Waals surface area contributed by atoms with E-state index < -0.39 is 0 Å². The van der Waals surface area contributed by atoms with E-state index in [0.29, 0.717) is 5.41 Å². The van der Waals surface area contributed by atoms with Crippen LogP contribution in [0.3, 0.4) is 0 Å². The van der Waals surface area contributed by atoms with Gasteiger partial charge in [0.05, 0.1) is 6.10 Å². The third-order valence-electron chi connectivity index (χ3n) is 4.69. The lowest BCUT2D eigenvalue weighted by atomic mass is 9.77. The standard InChI is InChI=1S/C18H29NO/c1-14(20)15-7-9-17(10-8-15)19-12-5-6-16(11-13-19)18(2,3)4/h7-10,14,16,20H,5-6,11-13H2,1-4H3. The van der Waals surface area contributed by atoms with Crippen LogP contribution in [0.1, 0.15) is 58.6 Å². The van der Waals surface area contributed by atoms with Crippen LogP contribution < -0.4 is 4.90 Å². The minimum absolute atomic E-state index is 0.376. The number of nitrogens with zero attached hydrogens (tertiary/aromatic N) is 1. The van der Waals surface area contributed by atoms with E-state index in [1.165, 1.54) is 24.9 Å². The molecule has 2 atom stereocenters. The van der Waals surface area contributed by atoms with Crippen LogP contribution in [0.15, 0.2) is 24.3 Å². The zero-order valence-electron chi connectivity index (χ0n) is 13.4. The summed E-state index contributed by atoms with van der Waals surface area (Å²) in [6, 6.07) is 8.40. The molecular weight excluding hydrogens is 246 g/mol. The molecule has 0 spiro atoms. The summed E-state index contributed by atoms with van der Waals surface area (Å²) in [6.07, 6.45) is 3.52. The van der Waals surface area contributed by atoms with Crippen LogP contribution in [0, 0.1) is 11.3 Å². The predicted octanol–water partition coefficient (Wildman–Crippen LogP) is 4.39. The van der Waals surface area contributed by atoms with E-state index in [0.717, 1.165) is 24.6 Å². The molecule has 0 amide bonds. The van der Waals surface area contributed by atoms with Crippen molar-refractivity contribution in [2.45, 2.75) is 53.1 Å². The molecule has 2 rings (SSSR count). The second-order valence-corrected chi connectivity index (χ2v) is 7.25. The Morgan fingerprint density at radius 3 is 2.30 bits per heavy atom. The summed E-state index contributed by atoms with van der Waals surface area (Å²) in [5.41, 5.74) is 2.71. The van der Waals surface area contributed by atoms with Gasteiger partial charge in [0, 0.05) is 18.8 Å². The summed E-state index contributed by atoms with van der Waals surface area (Å²) in [5.74, 6) is 0.823. The van der Waals surface area contributed by atoms with Crippen molar-refractivity contribution in [3.63, 3.8) is 0 Å². The van der Waals surface area contributed by atoms with Crippen molar-refractivity contribution in [3.8, 4) is 0 Å². The number of aliphatic hydroxyl groups is 1. The highest BCUT2D eigenvalue weighted by Crippen LogP contribution is 2.35. The summed E-state index contributed by atoms with van der Waals surface area (Å²) in [7, 11) is 0. The monoisotopic (exact) mass is 275 g/mol. The zero-order valence-corrected chi connectivity index (χ0v) is 13.4. The molecule has 20 heavy (non-hydrogen) atoms. The first-order chi connectivity index (χ1) is 9.38. The Bertz CT molecular complexity index is 416. The van der Waals surface area contributed by atoms with Crippen molar-refractivity contribution in [3.05, 3.63) is 29.8 Å². The van der Waals surface area contributed by atoms with Crippen LogP contribution in [-0.2, 0) is 0 Å². The van der Waals surface area contributed by atoms with Gasteiger partial charge in [0.1, 0.15) is 0 Å². The van der Waals surface area contributed by atoms with Crippen molar-refractivity contribution >= 4 is 5.69 Å². The summed E-state index contributed by atoms with van der Waals surface area (Å²) in [4.78, 5) is 2.50. The fourth-order valence-corrected chi connectivity index (χ4v) is 3.18. The second kappa shape index (κ2) is 6.17. The Kier molecular flexibility index (Phi) is 4.74. The van der Waals surface area contributed by atoms with Crippen molar-refractivity contribution in [2.24, 2.45) is 11.3 Å². The van der Waals surface area contributed by atoms with E-state index in [1.54, 1.807) is 0 Å². The fourth-order valence-electron chi connectivity index (χ4n) is 3.18. The minimum Gasteiger partial charge on any atom is -0.389 e. The largest absolute Gasteiger partial charge is 0.389 e. The Morgan fingerprint density at radius 2 is 1.75 bits per heavy atom. The molecule has 0 aromatic heterocycles. The average molecular weight is 275 g/mol. The number of hydrogen-bond donors (Lipinski definition) is 1. The van der Waals surface area contributed by atoms with Crippen molar-refractivity contribution in [1.82, 2.24) is 0 Å². The van der Waals surface area contributed by atoms with Crippen LogP contribution >= 0.6 is 0 Å². The molecule has 1 aromatic carbocycles. The van der Waals surface area contributed by atoms with Gasteiger partial charge in [-0.3, -0.25) is 0 Å². The minimum atomic E-state index is -0.376. The van der Waals surface area contributed by atoms with Crippen LogP contribution in [0.4, 0.5) is 5.69 Å². The molecule has 1 N–H and O–H groups in total. The van der Waals surface area contributed by atoms with Gasteiger partial charge in [-0.1, -0.05) is 32.9 Å². The zero-order chi connectivity index (χ0) is 14.8. The van der Waals surface area contributed by atoms with E-state index in [4.69, 9.17) is 0 Å². The molecule has 1 fully saturated rings. The molecular formula is C18H29NO. The number of hydrogen-bond acceptors (Lipinski definition) is 2. The lowest BCUT2D eigenvalue weighted by molar-refractivity contribution is 0.199. The van der Waals surface area contributed by atoms with E-state index in [1.807, 2.05) is 19.1 Å². The van der Waals surface area contributed by atoms with Crippen molar-refractivity contribution < 1.29 is 5.11 Å². The maximum absolute atomic E-state index is 9.58. The van der Waals surface area contributed by atoms with Crippen LogP contribution in [0.2, 0.25) is 0 Å². The normalized spacial score (nSPS) is 22.4. The lowest BCUT2D eigenvalue weighted by Gasteiger charge is -2.30. The number of anilines is 1. The molecule has 0 aliphatic carbocycles. The third kappa shape index (κ3) is 3.76. The van der Waals surface area contributed by atoms with Crippen LogP contribution in [0.25, 0.3) is 0 Å². The SMILES string of the molecule is CC(O)c1ccc(N2CCCC(C(C)(C)C)CC2)cc1. The topological polar surface area (TPSA) is 23.5 Å². The summed E-state index contributed by atoms with van der Waals surface area (Å²) >= 11 is 0. The molecule has 1 saturated heterocycles. The molecule has 0 radical (unpaired) electrons. The third-order valence-corrected chi connectivity index (χ3v) is 4.69. The van der Waals surface area contributed by atoms with Crippen molar-refractivity contribution in [2.75, 3.05) is 18.0 Å². The second-order valence-electron chi connectivity index (χ2n) is 7.25. The summed E-state index contributed by atoms with van der Waals surface area (Å²) in [6.45, 7) is 11.2. The maximum Gasteiger partial charge on any atom is 0.0761 e. The summed E-state index contributed by atoms with van der Waals surface area (Å²) in [5, 5.41) is 9.58. The highest BCUT2D eigenvalue weighted by atomic mass is 16.3. The molecule has 2 heteroatoms. The van der Waals surface area contributed by atoms with Crippen molar-refractivity contribution in [1.29, 1.82) is 0 Å². The maximum atomic E-state index is 9.58. The molecule has 1 aromatic rings. The van der Waals surface area contributed by atoms with Gasteiger partial charge in [-0.05, 0) is 55.2 Å². The predicted molar refractivity (Wildman–Crippen MR) is 86.1 cm³/mol. The first kappa shape index (κ1) is 15.4. The quantitative estimate of drug-likeness (QED) is 0.865. The molecule has 112 valence electrons. The Balaban J connectivity index is 2.03. The molecule has 1 heterocycles. The van der Waals surface area contributed by atoms with Crippen LogP contribution in [-0.4, -0.2) is 18.2 Å². The number of aliphatic hydroxyl groups excluding tert-OH is 1. The smallest absolute Gasteiger partial charge is 0.0761 e. The Morgan fingerprint density at radius 1 is 1.10 bits per heavy atom. The van der Waals surface area contributed by atoms with Gasteiger partial charge in [0.2, 0.25) is 0 Å². The van der Waals surface area contributed by atoms with Gasteiger partial charge in [-0.25, -0.2) is 0 Å². The van der Waals surface area contributed by atoms with E-state index >= 15 is 0 Å². The summed E-state index contributed by atoms with van der Waals surface area (Å²) < 4.78 is 0. The fraction of sp³-hybridized carbons (Fsp3) is 0.667. The molecule has 0 bridgehead atoms. The van der Waals surface area contributed by atoms with E-state index in [9.17, 15) is 5.11 Å². The first-order valence-electron chi connectivity index (χ1n) is 7.91. The number of rotatable bonds is 2. The molecule has 2 unspecified atom stereocenters. The van der Waals surface area contributed by atoms with Gasteiger partial charge in [-0.15, -0.1) is 0 Å². The van der Waals surface area contributed by atoms with Gasteiger partial charge < -0.3 is 10.0 Å². The highest BCUT2D eigenvalue weighted by molar-refractivity contribution is 5.48. The Labute approximate surface area is 123 Å². The van der Waals surface area contributed by atoms with Gasteiger partial charge in [0.25, 0.3) is 0 Å². The number of benzene rings is 1. The van der Waals surface area contributed by atoms with E-state index in [2.05, 4.69) is 37.8 Å². The van der Waals surface area contributed by atoms with Gasteiger partial charge in [0.15, 0.2) is 0 Å². The molecule has 1 aliphatic heterocycles. The van der Waals surface area contributed by atoms with Gasteiger partial charge in [-0.2, -0.15) is 0 Å².